The summed E-state index contributed by atoms with van der Waals surface area (Å²) in [7, 11) is 0. The van der Waals surface area contributed by atoms with Crippen molar-refractivity contribution in [1.82, 2.24) is 5.32 Å². The standard InChI is InChI=1S/C17H23NO3/c1-12(13-8-4-2-5-9-13)16(19)18-15(17(20)21)14-10-6-3-7-11-14/h2,4-5,8-9,12,14-15H,3,6-7,10-11H2,1H3,(H,18,19)(H,20,21). The van der Waals surface area contributed by atoms with E-state index in [0.29, 0.717) is 0 Å². The summed E-state index contributed by atoms with van der Waals surface area (Å²) >= 11 is 0. The highest BCUT2D eigenvalue weighted by molar-refractivity contribution is 5.88. The van der Waals surface area contributed by atoms with Crippen molar-refractivity contribution >= 4 is 11.9 Å². The van der Waals surface area contributed by atoms with Crippen molar-refractivity contribution in [2.45, 2.75) is 51.0 Å². The Balaban J connectivity index is 2.02. The predicted molar refractivity (Wildman–Crippen MR) is 81.0 cm³/mol. The van der Waals surface area contributed by atoms with Crippen LogP contribution in [0.1, 0.15) is 50.5 Å². The fourth-order valence-electron chi connectivity index (χ4n) is 3.02. The number of hydrogen-bond acceptors (Lipinski definition) is 2. The maximum atomic E-state index is 12.3. The molecule has 0 aliphatic heterocycles. The van der Waals surface area contributed by atoms with E-state index < -0.39 is 12.0 Å². The van der Waals surface area contributed by atoms with Gasteiger partial charge in [-0.25, -0.2) is 4.79 Å². The molecule has 1 aliphatic carbocycles. The van der Waals surface area contributed by atoms with E-state index in [1.165, 1.54) is 0 Å². The second-order valence-electron chi connectivity index (χ2n) is 5.85. The highest BCUT2D eigenvalue weighted by atomic mass is 16.4. The third kappa shape index (κ3) is 4.06. The lowest BCUT2D eigenvalue weighted by Crippen LogP contribution is -2.47. The summed E-state index contributed by atoms with van der Waals surface area (Å²) in [5.74, 6) is -1.41. The maximum absolute atomic E-state index is 12.3. The third-order valence-corrected chi connectivity index (χ3v) is 4.38. The molecule has 1 aromatic carbocycles. The highest BCUT2D eigenvalue weighted by Gasteiger charge is 2.31. The molecule has 0 spiro atoms. The molecule has 1 saturated carbocycles. The first-order valence-corrected chi connectivity index (χ1v) is 7.67. The third-order valence-electron chi connectivity index (χ3n) is 4.38. The normalized spacial score (nSPS) is 18.7. The van der Waals surface area contributed by atoms with Crippen LogP contribution in [0.3, 0.4) is 0 Å². The summed E-state index contributed by atoms with van der Waals surface area (Å²) in [5.41, 5.74) is 0.905. The van der Waals surface area contributed by atoms with Crippen LogP contribution in [-0.2, 0) is 9.59 Å². The molecule has 0 radical (unpaired) electrons. The molecule has 2 atom stereocenters. The average molecular weight is 289 g/mol. The van der Waals surface area contributed by atoms with Crippen LogP contribution in [0.2, 0.25) is 0 Å². The van der Waals surface area contributed by atoms with Crippen molar-refractivity contribution in [3.63, 3.8) is 0 Å². The SMILES string of the molecule is CC(C(=O)NC(C(=O)O)C1CCCCC1)c1ccccc1. The number of carbonyl (C=O) groups excluding carboxylic acids is 1. The van der Waals surface area contributed by atoms with Crippen molar-refractivity contribution in [2.24, 2.45) is 5.92 Å². The molecular weight excluding hydrogens is 266 g/mol. The van der Waals surface area contributed by atoms with Crippen LogP contribution in [0.5, 0.6) is 0 Å². The lowest BCUT2D eigenvalue weighted by molar-refractivity contribution is -0.144. The molecule has 4 nitrogen and oxygen atoms in total. The average Bonchev–Trinajstić information content (AvgIpc) is 2.53. The van der Waals surface area contributed by atoms with E-state index >= 15 is 0 Å². The van der Waals surface area contributed by atoms with Crippen LogP contribution in [0.25, 0.3) is 0 Å². The van der Waals surface area contributed by atoms with E-state index in [2.05, 4.69) is 5.32 Å². The van der Waals surface area contributed by atoms with Crippen molar-refractivity contribution in [2.75, 3.05) is 0 Å². The van der Waals surface area contributed by atoms with Gasteiger partial charge in [-0.1, -0.05) is 49.6 Å². The number of carboxylic acids is 1. The number of amides is 1. The van der Waals surface area contributed by atoms with Crippen molar-refractivity contribution in [3.8, 4) is 0 Å². The number of benzene rings is 1. The van der Waals surface area contributed by atoms with Gasteiger partial charge in [-0.15, -0.1) is 0 Å². The predicted octanol–water partition coefficient (Wildman–Crippen LogP) is 2.94. The molecular formula is C17H23NO3. The minimum Gasteiger partial charge on any atom is -0.480 e. The molecule has 1 fully saturated rings. The Bertz CT molecular complexity index is 480. The smallest absolute Gasteiger partial charge is 0.326 e. The molecule has 114 valence electrons. The molecule has 0 saturated heterocycles. The van der Waals surface area contributed by atoms with Gasteiger partial charge in [0.15, 0.2) is 0 Å². The molecule has 2 rings (SSSR count). The fourth-order valence-corrected chi connectivity index (χ4v) is 3.02. The van der Waals surface area contributed by atoms with Gasteiger partial charge in [0.2, 0.25) is 5.91 Å². The minimum atomic E-state index is -0.921. The molecule has 1 aromatic rings. The Kier molecular flexibility index (Phi) is 5.37. The van der Waals surface area contributed by atoms with Crippen LogP contribution in [0.4, 0.5) is 0 Å². The Morgan fingerprint density at radius 1 is 1.14 bits per heavy atom. The maximum Gasteiger partial charge on any atom is 0.326 e. The first kappa shape index (κ1) is 15.5. The highest BCUT2D eigenvalue weighted by Crippen LogP contribution is 2.27. The quantitative estimate of drug-likeness (QED) is 0.875. The van der Waals surface area contributed by atoms with Gasteiger partial charge in [-0.05, 0) is 31.2 Å². The van der Waals surface area contributed by atoms with Gasteiger partial charge in [0.05, 0.1) is 5.92 Å². The Hall–Kier alpha value is -1.84. The van der Waals surface area contributed by atoms with E-state index in [0.717, 1.165) is 37.7 Å². The van der Waals surface area contributed by atoms with Crippen molar-refractivity contribution in [1.29, 1.82) is 0 Å². The van der Waals surface area contributed by atoms with Crippen LogP contribution < -0.4 is 5.32 Å². The van der Waals surface area contributed by atoms with Crippen LogP contribution in [-0.4, -0.2) is 23.0 Å². The number of rotatable bonds is 5. The first-order chi connectivity index (χ1) is 10.1. The summed E-state index contributed by atoms with van der Waals surface area (Å²) < 4.78 is 0. The zero-order valence-electron chi connectivity index (χ0n) is 12.4. The van der Waals surface area contributed by atoms with E-state index in [1.807, 2.05) is 37.3 Å². The van der Waals surface area contributed by atoms with Gasteiger partial charge in [0.1, 0.15) is 6.04 Å². The molecule has 2 unspecified atom stereocenters. The number of carbonyl (C=O) groups is 2. The molecule has 4 heteroatoms. The van der Waals surface area contributed by atoms with Crippen LogP contribution in [0, 0.1) is 5.92 Å². The summed E-state index contributed by atoms with van der Waals surface area (Å²) in [6.45, 7) is 1.81. The zero-order valence-corrected chi connectivity index (χ0v) is 12.4. The summed E-state index contributed by atoms with van der Waals surface area (Å²) in [6.07, 6.45) is 5.04. The number of hydrogen-bond donors (Lipinski definition) is 2. The van der Waals surface area contributed by atoms with Gasteiger partial charge in [-0.2, -0.15) is 0 Å². The minimum absolute atomic E-state index is 0.0585. The Labute approximate surface area is 125 Å². The largest absolute Gasteiger partial charge is 0.480 e. The van der Waals surface area contributed by atoms with Gasteiger partial charge >= 0.3 is 5.97 Å². The van der Waals surface area contributed by atoms with Crippen LogP contribution >= 0.6 is 0 Å². The molecule has 0 bridgehead atoms. The Morgan fingerprint density at radius 3 is 2.33 bits per heavy atom. The second kappa shape index (κ2) is 7.25. The van der Waals surface area contributed by atoms with E-state index in [-0.39, 0.29) is 17.7 Å². The molecule has 2 N–H and O–H groups in total. The fraction of sp³-hybridized carbons (Fsp3) is 0.529. The molecule has 0 aromatic heterocycles. The van der Waals surface area contributed by atoms with Gasteiger partial charge in [-0.3, -0.25) is 4.79 Å². The first-order valence-electron chi connectivity index (χ1n) is 7.67. The topological polar surface area (TPSA) is 66.4 Å². The van der Waals surface area contributed by atoms with Gasteiger partial charge in [0, 0.05) is 0 Å². The Morgan fingerprint density at radius 2 is 1.76 bits per heavy atom. The van der Waals surface area contributed by atoms with E-state index in [9.17, 15) is 14.7 Å². The lowest BCUT2D eigenvalue weighted by Gasteiger charge is -2.29. The van der Waals surface area contributed by atoms with Crippen molar-refractivity contribution < 1.29 is 14.7 Å². The lowest BCUT2D eigenvalue weighted by atomic mass is 9.83. The molecule has 1 amide bonds. The van der Waals surface area contributed by atoms with Gasteiger partial charge in [0.25, 0.3) is 0 Å². The summed E-state index contributed by atoms with van der Waals surface area (Å²) in [6, 6.07) is 8.69. The molecule has 1 aliphatic rings. The number of carboxylic acid groups (broad SMARTS) is 1. The van der Waals surface area contributed by atoms with E-state index in [4.69, 9.17) is 0 Å². The van der Waals surface area contributed by atoms with Gasteiger partial charge < -0.3 is 10.4 Å². The van der Waals surface area contributed by atoms with Crippen molar-refractivity contribution in [3.05, 3.63) is 35.9 Å². The summed E-state index contributed by atoms with van der Waals surface area (Å²) in [4.78, 5) is 23.8. The second-order valence-corrected chi connectivity index (χ2v) is 5.85. The monoisotopic (exact) mass is 289 g/mol. The summed E-state index contributed by atoms with van der Waals surface area (Å²) in [5, 5.41) is 12.2. The van der Waals surface area contributed by atoms with E-state index in [1.54, 1.807) is 0 Å². The zero-order chi connectivity index (χ0) is 15.2. The molecule has 0 heterocycles. The molecule has 21 heavy (non-hydrogen) atoms. The number of aliphatic carboxylic acids is 1. The number of nitrogens with one attached hydrogen (secondary N) is 1. The van der Waals surface area contributed by atoms with Crippen LogP contribution in [0.15, 0.2) is 30.3 Å².